The van der Waals surface area contributed by atoms with E-state index >= 15 is 0 Å². The molecule has 132 valence electrons. The molecule has 0 N–H and O–H groups in total. The average molecular weight is 349 g/mol. The lowest BCUT2D eigenvalue weighted by atomic mass is 10.2. The van der Waals surface area contributed by atoms with E-state index in [0.29, 0.717) is 34.9 Å². The van der Waals surface area contributed by atoms with E-state index in [9.17, 15) is 4.79 Å². The van der Waals surface area contributed by atoms with Crippen LogP contribution in [0.2, 0.25) is 6.04 Å². The molecule has 1 aromatic rings. The molecular formula is C19H28O4Si. The third kappa shape index (κ3) is 7.21. The van der Waals surface area contributed by atoms with Crippen molar-refractivity contribution in [3.63, 3.8) is 0 Å². The Bertz CT molecular complexity index is 528. The summed E-state index contributed by atoms with van der Waals surface area (Å²) in [4.78, 5) is 11.3. The second-order valence-corrected chi connectivity index (χ2v) is 6.79. The molecule has 0 amide bonds. The highest BCUT2D eigenvalue weighted by molar-refractivity contribution is 6.54. The molecule has 0 saturated carbocycles. The predicted octanol–water partition coefficient (Wildman–Crippen LogP) is 3.52. The van der Waals surface area contributed by atoms with Crippen molar-refractivity contribution in [3.8, 4) is 11.5 Å². The normalized spacial score (nSPS) is 10.3. The summed E-state index contributed by atoms with van der Waals surface area (Å²) in [6.45, 7) is 10.9. The minimum Gasteiger partial charge on any atom is -0.490 e. The smallest absolute Gasteiger partial charge is 0.333 e. The van der Waals surface area contributed by atoms with Crippen molar-refractivity contribution in [2.75, 3.05) is 19.8 Å². The molecule has 2 radical (unpaired) electrons. The summed E-state index contributed by atoms with van der Waals surface area (Å²) >= 11 is 0. The fourth-order valence-electron chi connectivity index (χ4n) is 2.13. The van der Waals surface area contributed by atoms with Gasteiger partial charge in [-0.1, -0.05) is 37.6 Å². The van der Waals surface area contributed by atoms with Gasteiger partial charge in [-0.3, -0.25) is 0 Å². The Morgan fingerprint density at radius 1 is 1.12 bits per heavy atom. The predicted molar refractivity (Wildman–Crippen MR) is 98.6 cm³/mol. The minimum absolute atomic E-state index is 0.300. The molecule has 0 unspecified atom stereocenters. The molecule has 0 heterocycles. The van der Waals surface area contributed by atoms with E-state index < -0.39 is 0 Å². The Balaban J connectivity index is 2.35. The summed E-state index contributed by atoms with van der Waals surface area (Å²) in [5.41, 5.74) is 0.453. The van der Waals surface area contributed by atoms with E-state index in [2.05, 4.69) is 12.6 Å². The van der Waals surface area contributed by atoms with Gasteiger partial charge in [0, 0.05) is 5.57 Å². The fraction of sp³-hybridized carbons (Fsp3) is 0.526. The number of carbonyl (C=O) groups is 1. The van der Waals surface area contributed by atoms with Crippen LogP contribution < -0.4 is 14.7 Å². The number of esters is 1. The van der Waals surface area contributed by atoms with Gasteiger partial charge < -0.3 is 14.2 Å². The van der Waals surface area contributed by atoms with Gasteiger partial charge in [-0.15, -0.1) is 0 Å². The van der Waals surface area contributed by atoms with Gasteiger partial charge in [-0.05, 0) is 38.4 Å². The van der Waals surface area contributed by atoms with Crippen molar-refractivity contribution >= 4 is 20.7 Å². The van der Waals surface area contributed by atoms with Gasteiger partial charge in [-0.2, -0.15) is 0 Å². The Morgan fingerprint density at radius 3 is 2.54 bits per heavy atom. The summed E-state index contributed by atoms with van der Waals surface area (Å²) in [6.07, 6.45) is 3.04. The van der Waals surface area contributed by atoms with Crippen LogP contribution in [0.3, 0.4) is 0 Å². The van der Waals surface area contributed by atoms with Gasteiger partial charge in [0.15, 0.2) is 11.5 Å². The first-order valence-corrected chi connectivity index (χ1v) is 9.75. The van der Waals surface area contributed by atoms with Gasteiger partial charge in [-0.25, -0.2) is 4.79 Å². The Kier molecular flexibility index (Phi) is 9.92. The van der Waals surface area contributed by atoms with Crippen molar-refractivity contribution in [1.82, 2.24) is 0 Å². The molecule has 4 nitrogen and oxygen atoms in total. The SMILES string of the molecule is C=C(C)C(=O)OCCCCC[Si]c1cccc(OCC)c1OCC. The van der Waals surface area contributed by atoms with E-state index in [1.54, 1.807) is 6.92 Å². The first-order chi connectivity index (χ1) is 11.6. The highest BCUT2D eigenvalue weighted by atomic mass is 28.2. The Labute approximate surface area is 148 Å². The van der Waals surface area contributed by atoms with Crippen molar-refractivity contribution in [2.24, 2.45) is 0 Å². The van der Waals surface area contributed by atoms with E-state index in [-0.39, 0.29) is 5.97 Å². The monoisotopic (exact) mass is 348 g/mol. The third-order valence-electron chi connectivity index (χ3n) is 3.29. The maximum Gasteiger partial charge on any atom is 0.333 e. The van der Waals surface area contributed by atoms with Crippen LogP contribution in [0.5, 0.6) is 11.5 Å². The van der Waals surface area contributed by atoms with Gasteiger partial charge in [0.1, 0.15) is 0 Å². The zero-order valence-electron chi connectivity index (χ0n) is 15.0. The molecule has 5 heteroatoms. The molecule has 0 aliphatic carbocycles. The zero-order chi connectivity index (χ0) is 17.8. The highest BCUT2D eigenvalue weighted by Gasteiger charge is 2.11. The maximum atomic E-state index is 11.3. The quantitative estimate of drug-likeness (QED) is 0.251. The molecule has 0 bridgehead atoms. The first-order valence-electron chi connectivity index (χ1n) is 8.55. The van der Waals surface area contributed by atoms with Crippen LogP contribution in [-0.2, 0) is 9.53 Å². The van der Waals surface area contributed by atoms with Gasteiger partial charge in [0.05, 0.1) is 29.3 Å². The molecule has 0 saturated heterocycles. The largest absolute Gasteiger partial charge is 0.490 e. The summed E-state index contributed by atoms with van der Waals surface area (Å²) in [7, 11) is 0.690. The van der Waals surface area contributed by atoms with Crippen LogP contribution in [0, 0.1) is 0 Å². The van der Waals surface area contributed by atoms with Crippen molar-refractivity contribution < 1.29 is 19.0 Å². The van der Waals surface area contributed by atoms with Gasteiger partial charge in [0.25, 0.3) is 0 Å². The fourth-order valence-corrected chi connectivity index (χ4v) is 3.40. The number of carbonyl (C=O) groups excluding carboxylic acids is 1. The minimum atomic E-state index is -0.300. The van der Waals surface area contributed by atoms with Crippen LogP contribution in [0.1, 0.15) is 40.0 Å². The van der Waals surface area contributed by atoms with E-state index in [1.807, 2.05) is 26.0 Å². The topological polar surface area (TPSA) is 44.8 Å². The molecule has 24 heavy (non-hydrogen) atoms. The first kappa shape index (κ1) is 20.3. The molecule has 1 aromatic carbocycles. The van der Waals surface area contributed by atoms with E-state index in [1.165, 1.54) is 5.19 Å². The van der Waals surface area contributed by atoms with Crippen LogP contribution >= 0.6 is 0 Å². The zero-order valence-corrected chi connectivity index (χ0v) is 16.0. The lowest BCUT2D eigenvalue weighted by Gasteiger charge is -2.14. The lowest BCUT2D eigenvalue weighted by Crippen LogP contribution is -2.18. The average Bonchev–Trinajstić information content (AvgIpc) is 2.56. The van der Waals surface area contributed by atoms with Crippen LogP contribution in [0.25, 0.3) is 0 Å². The molecule has 0 atom stereocenters. The van der Waals surface area contributed by atoms with Gasteiger partial charge >= 0.3 is 5.97 Å². The molecule has 0 aliphatic heterocycles. The van der Waals surface area contributed by atoms with Crippen molar-refractivity contribution in [3.05, 3.63) is 30.4 Å². The number of ether oxygens (including phenoxy) is 3. The molecule has 0 aliphatic rings. The molecule has 1 rings (SSSR count). The van der Waals surface area contributed by atoms with Crippen LogP contribution in [0.15, 0.2) is 30.4 Å². The molecule has 0 aromatic heterocycles. The summed E-state index contributed by atoms with van der Waals surface area (Å²) in [6, 6.07) is 7.19. The molecule has 0 fully saturated rings. The number of hydrogen-bond acceptors (Lipinski definition) is 4. The Hall–Kier alpha value is -1.75. The number of benzene rings is 1. The summed E-state index contributed by atoms with van der Waals surface area (Å²) in [5, 5.41) is 1.22. The van der Waals surface area contributed by atoms with Gasteiger partial charge in [0.2, 0.25) is 0 Å². The Morgan fingerprint density at radius 2 is 1.88 bits per heavy atom. The summed E-state index contributed by atoms with van der Waals surface area (Å²) in [5.74, 6) is 1.41. The molecular weight excluding hydrogens is 320 g/mol. The van der Waals surface area contributed by atoms with Crippen LogP contribution in [0.4, 0.5) is 0 Å². The number of unbranched alkanes of at least 4 members (excludes halogenated alkanes) is 2. The third-order valence-corrected chi connectivity index (χ3v) is 4.66. The highest BCUT2D eigenvalue weighted by Crippen LogP contribution is 2.24. The summed E-state index contributed by atoms with van der Waals surface area (Å²) < 4.78 is 16.5. The lowest BCUT2D eigenvalue weighted by molar-refractivity contribution is -0.139. The van der Waals surface area contributed by atoms with Crippen LogP contribution in [-0.4, -0.2) is 35.3 Å². The second-order valence-electron chi connectivity index (χ2n) is 5.40. The van der Waals surface area contributed by atoms with E-state index in [4.69, 9.17) is 14.2 Å². The number of hydrogen-bond donors (Lipinski definition) is 0. The van der Waals surface area contributed by atoms with Crippen molar-refractivity contribution in [1.29, 1.82) is 0 Å². The second kappa shape index (κ2) is 11.7. The maximum absolute atomic E-state index is 11.3. The van der Waals surface area contributed by atoms with Crippen molar-refractivity contribution in [2.45, 2.75) is 46.1 Å². The number of para-hydroxylation sites is 1. The standard InChI is InChI=1S/C19H28O4Si/c1-5-21-16-11-10-12-17(18(16)22-6-2)24-14-9-7-8-13-23-19(20)15(3)4/h10-12H,3,5-9,13-14H2,1-2,4H3. The van der Waals surface area contributed by atoms with E-state index in [0.717, 1.165) is 36.8 Å². The number of rotatable bonds is 12. The molecule has 0 spiro atoms.